The van der Waals surface area contributed by atoms with Crippen LogP contribution in [0.1, 0.15) is 29.6 Å². The summed E-state index contributed by atoms with van der Waals surface area (Å²) in [6.45, 7) is 0. The van der Waals surface area contributed by atoms with Gasteiger partial charge in [0.2, 0.25) is 5.92 Å². The zero-order valence-electron chi connectivity index (χ0n) is 8.99. The molecule has 1 aliphatic carbocycles. The maximum atomic E-state index is 13.0. The summed E-state index contributed by atoms with van der Waals surface area (Å²) in [7, 11) is 0. The third-order valence-corrected chi connectivity index (χ3v) is 2.78. The Morgan fingerprint density at radius 1 is 1.59 bits per heavy atom. The van der Waals surface area contributed by atoms with E-state index in [2.05, 4.69) is 10.3 Å². The molecule has 1 fully saturated rings. The molecule has 1 heterocycles. The van der Waals surface area contributed by atoms with Crippen LogP contribution in [0.3, 0.4) is 0 Å². The average Bonchev–Trinajstić information content (AvgIpc) is 2.58. The second-order valence-corrected chi connectivity index (χ2v) is 4.14. The smallest absolute Gasteiger partial charge is 0.339 e. The number of alkyl halides is 2. The second kappa shape index (κ2) is 4.27. The number of aromatic carboxylic acids is 1. The summed E-state index contributed by atoms with van der Waals surface area (Å²) in [6, 6.07) is 2.47. The summed E-state index contributed by atoms with van der Waals surface area (Å²) in [5.41, 5.74) is 0.00252. The molecule has 4 nitrogen and oxygen atoms in total. The van der Waals surface area contributed by atoms with Crippen molar-refractivity contribution in [1.82, 2.24) is 4.98 Å². The summed E-state index contributed by atoms with van der Waals surface area (Å²) >= 11 is 0. The van der Waals surface area contributed by atoms with Crippen LogP contribution in [-0.4, -0.2) is 28.0 Å². The zero-order chi connectivity index (χ0) is 12.5. The van der Waals surface area contributed by atoms with Crippen LogP contribution >= 0.6 is 0 Å². The van der Waals surface area contributed by atoms with Crippen LogP contribution in [0.15, 0.2) is 18.3 Å². The van der Waals surface area contributed by atoms with Crippen molar-refractivity contribution in [2.24, 2.45) is 0 Å². The highest BCUT2D eigenvalue weighted by atomic mass is 19.3. The topological polar surface area (TPSA) is 62.2 Å². The Morgan fingerprint density at radius 2 is 2.35 bits per heavy atom. The largest absolute Gasteiger partial charge is 0.478 e. The van der Waals surface area contributed by atoms with E-state index in [9.17, 15) is 13.6 Å². The fourth-order valence-electron chi connectivity index (χ4n) is 1.96. The Balaban J connectivity index is 2.12. The monoisotopic (exact) mass is 242 g/mol. The maximum absolute atomic E-state index is 13.0. The number of pyridine rings is 1. The normalized spacial score (nSPS) is 22.4. The molecule has 92 valence electrons. The number of hydrogen-bond donors (Lipinski definition) is 2. The number of rotatable bonds is 3. The van der Waals surface area contributed by atoms with Gasteiger partial charge in [-0.05, 0) is 18.6 Å². The number of carboxylic acids is 1. The minimum absolute atomic E-state index is 0.00252. The zero-order valence-corrected chi connectivity index (χ0v) is 8.99. The number of nitrogens with one attached hydrogen (secondary N) is 1. The Bertz CT molecular complexity index is 437. The van der Waals surface area contributed by atoms with E-state index in [4.69, 9.17) is 5.11 Å². The lowest BCUT2D eigenvalue weighted by Gasteiger charge is -2.14. The molecule has 0 saturated heterocycles. The first-order valence-corrected chi connectivity index (χ1v) is 5.31. The second-order valence-electron chi connectivity index (χ2n) is 4.14. The van der Waals surface area contributed by atoms with Crippen molar-refractivity contribution in [3.63, 3.8) is 0 Å². The molecule has 1 unspecified atom stereocenters. The van der Waals surface area contributed by atoms with E-state index in [0.29, 0.717) is 6.42 Å². The van der Waals surface area contributed by atoms with Gasteiger partial charge in [-0.25, -0.2) is 18.6 Å². The number of hydrogen-bond acceptors (Lipinski definition) is 3. The molecule has 1 atom stereocenters. The molecule has 1 saturated carbocycles. The number of nitrogens with zero attached hydrogens (tertiary/aromatic N) is 1. The highest BCUT2D eigenvalue weighted by molar-refractivity contribution is 5.93. The minimum atomic E-state index is -2.66. The highest BCUT2D eigenvalue weighted by Crippen LogP contribution is 2.36. The van der Waals surface area contributed by atoms with Crippen LogP contribution in [0.5, 0.6) is 0 Å². The van der Waals surface area contributed by atoms with Gasteiger partial charge in [-0.15, -0.1) is 0 Å². The first kappa shape index (κ1) is 11.8. The quantitative estimate of drug-likeness (QED) is 0.854. The van der Waals surface area contributed by atoms with Gasteiger partial charge in [-0.2, -0.15) is 0 Å². The van der Waals surface area contributed by atoms with Crippen molar-refractivity contribution in [1.29, 1.82) is 0 Å². The van der Waals surface area contributed by atoms with Gasteiger partial charge >= 0.3 is 5.97 Å². The van der Waals surface area contributed by atoms with Crippen molar-refractivity contribution in [2.45, 2.75) is 31.2 Å². The lowest BCUT2D eigenvalue weighted by molar-refractivity contribution is 0.00851. The Hall–Kier alpha value is -1.72. The molecule has 0 aliphatic heterocycles. The lowest BCUT2D eigenvalue weighted by Crippen LogP contribution is -2.21. The van der Waals surface area contributed by atoms with Gasteiger partial charge in [0.05, 0.1) is 0 Å². The number of halogens is 2. The fourth-order valence-corrected chi connectivity index (χ4v) is 1.96. The van der Waals surface area contributed by atoms with Crippen molar-refractivity contribution < 1.29 is 18.7 Å². The first-order valence-electron chi connectivity index (χ1n) is 5.31. The van der Waals surface area contributed by atoms with Crippen LogP contribution in [0, 0.1) is 0 Å². The predicted octanol–water partition coefficient (Wildman–Crippen LogP) is 2.38. The minimum Gasteiger partial charge on any atom is -0.478 e. The van der Waals surface area contributed by atoms with E-state index in [1.807, 2.05) is 0 Å². The predicted molar refractivity (Wildman–Crippen MR) is 57.4 cm³/mol. The van der Waals surface area contributed by atoms with Gasteiger partial charge in [0.25, 0.3) is 0 Å². The van der Waals surface area contributed by atoms with Crippen molar-refractivity contribution in [2.75, 3.05) is 5.32 Å². The summed E-state index contributed by atoms with van der Waals surface area (Å²) in [4.78, 5) is 14.8. The number of carboxylic acid groups (broad SMARTS) is 1. The van der Waals surface area contributed by atoms with Crippen LogP contribution in [-0.2, 0) is 0 Å². The van der Waals surface area contributed by atoms with E-state index in [1.165, 1.54) is 18.3 Å². The van der Waals surface area contributed by atoms with E-state index in [0.717, 1.165) is 0 Å². The van der Waals surface area contributed by atoms with Crippen LogP contribution in [0.25, 0.3) is 0 Å². The molecule has 0 bridgehead atoms. The van der Waals surface area contributed by atoms with E-state index >= 15 is 0 Å². The third kappa shape index (κ3) is 2.69. The molecule has 0 aromatic carbocycles. The van der Waals surface area contributed by atoms with Crippen LogP contribution in [0.2, 0.25) is 0 Å². The SMILES string of the molecule is O=C(O)c1cccnc1NC1CCC(F)(F)C1. The first-order chi connectivity index (χ1) is 7.98. The van der Waals surface area contributed by atoms with Gasteiger partial charge in [0.15, 0.2) is 0 Å². The number of carbonyl (C=O) groups is 1. The molecule has 0 amide bonds. The van der Waals surface area contributed by atoms with Crippen molar-refractivity contribution in [3.8, 4) is 0 Å². The van der Waals surface area contributed by atoms with Crippen LogP contribution < -0.4 is 5.32 Å². The maximum Gasteiger partial charge on any atom is 0.339 e. The molecule has 17 heavy (non-hydrogen) atoms. The molecule has 1 aromatic rings. The lowest BCUT2D eigenvalue weighted by atomic mass is 10.2. The van der Waals surface area contributed by atoms with Gasteiger partial charge in [-0.3, -0.25) is 0 Å². The molecule has 1 aliphatic rings. The molecular weight excluding hydrogens is 230 g/mol. The molecular formula is C11H12F2N2O2. The Kier molecular flexibility index (Phi) is 2.95. The molecule has 2 N–H and O–H groups in total. The molecule has 6 heteroatoms. The Labute approximate surface area is 96.7 Å². The van der Waals surface area contributed by atoms with Crippen LogP contribution in [0.4, 0.5) is 14.6 Å². The standard InChI is InChI=1S/C11H12F2N2O2/c12-11(13)4-3-7(6-11)15-9-8(10(16)17)2-1-5-14-9/h1-2,5,7H,3-4,6H2,(H,14,15)(H,16,17). The molecule has 2 rings (SSSR count). The molecule has 0 spiro atoms. The number of anilines is 1. The highest BCUT2D eigenvalue weighted by Gasteiger charge is 2.39. The van der Waals surface area contributed by atoms with Gasteiger partial charge < -0.3 is 10.4 Å². The van der Waals surface area contributed by atoms with Gasteiger partial charge in [-0.1, -0.05) is 0 Å². The summed E-state index contributed by atoms with van der Waals surface area (Å²) < 4.78 is 26.0. The van der Waals surface area contributed by atoms with E-state index < -0.39 is 17.9 Å². The summed E-state index contributed by atoms with van der Waals surface area (Å²) in [5.74, 6) is -3.62. The fraction of sp³-hybridized carbons (Fsp3) is 0.455. The van der Waals surface area contributed by atoms with Gasteiger partial charge in [0, 0.05) is 25.1 Å². The van der Waals surface area contributed by atoms with Crippen molar-refractivity contribution in [3.05, 3.63) is 23.9 Å². The average molecular weight is 242 g/mol. The van der Waals surface area contributed by atoms with Crippen molar-refractivity contribution >= 4 is 11.8 Å². The molecule has 1 aromatic heterocycles. The van der Waals surface area contributed by atoms with E-state index in [1.54, 1.807) is 0 Å². The van der Waals surface area contributed by atoms with E-state index in [-0.39, 0.29) is 24.2 Å². The summed E-state index contributed by atoms with van der Waals surface area (Å²) in [5, 5.41) is 11.7. The molecule has 0 radical (unpaired) electrons. The Morgan fingerprint density at radius 3 is 2.94 bits per heavy atom. The van der Waals surface area contributed by atoms with Gasteiger partial charge in [0.1, 0.15) is 11.4 Å². The number of aromatic nitrogens is 1. The third-order valence-electron chi connectivity index (χ3n) is 2.78. The summed E-state index contributed by atoms with van der Waals surface area (Å²) in [6.07, 6.45) is 1.31.